The average Bonchev–Trinajstić information content (AvgIpc) is 2.76. The van der Waals surface area contributed by atoms with Crippen molar-refractivity contribution in [3.05, 3.63) is 71.8 Å². The second-order valence-corrected chi connectivity index (χ2v) is 6.18. The molecule has 2 aromatic carbocycles. The summed E-state index contributed by atoms with van der Waals surface area (Å²) in [6.07, 6.45) is 3.00. The molecule has 7 heteroatoms. The second kappa shape index (κ2) is 11.3. The summed E-state index contributed by atoms with van der Waals surface area (Å²) in [5.41, 5.74) is 6.95. The van der Waals surface area contributed by atoms with Gasteiger partial charge in [0.25, 0.3) is 11.8 Å². The van der Waals surface area contributed by atoms with E-state index in [-0.39, 0.29) is 6.54 Å². The third-order valence-electron chi connectivity index (χ3n) is 4.22. The molecule has 0 heterocycles. The van der Waals surface area contributed by atoms with Crippen molar-refractivity contribution < 1.29 is 14.4 Å². The molecule has 0 aliphatic rings. The maximum Gasteiger partial charge on any atom is 0.269 e. The van der Waals surface area contributed by atoms with Gasteiger partial charge in [-0.2, -0.15) is 0 Å². The smallest absolute Gasteiger partial charge is 0.269 e. The first-order valence-electron chi connectivity index (χ1n) is 9.48. The minimum atomic E-state index is -0.528. The maximum absolute atomic E-state index is 12.1. The van der Waals surface area contributed by atoms with E-state index in [0.29, 0.717) is 5.56 Å². The van der Waals surface area contributed by atoms with Crippen molar-refractivity contribution in [1.29, 1.82) is 0 Å². The Morgan fingerprint density at radius 3 is 2.17 bits per heavy atom. The third-order valence-corrected chi connectivity index (χ3v) is 4.22. The number of amides is 3. The lowest BCUT2D eigenvalue weighted by molar-refractivity contribution is -0.124. The average molecular weight is 394 g/mol. The highest BCUT2D eigenvalue weighted by Gasteiger charge is 2.09. The molecular weight excluding hydrogens is 368 g/mol. The van der Waals surface area contributed by atoms with Crippen molar-refractivity contribution in [2.45, 2.75) is 13.8 Å². The van der Waals surface area contributed by atoms with Crippen LogP contribution in [0.5, 0.6) is 0 Å². The molecule has 0 fully saturated rings. The first-order chi connectivity index (χ1) is 14.0. The van der Waals surface area contributed by atoms with Crippen molar-refractivity contribution in [3.8, 4) is 0 Å². The van der Waals surface area contributed by atoms with Gasteiger partial charge in [-0.3, -0.25) is 25.2 Å². The molecule has 0 spiro atoms. The predicted molar refractivity (Wildman–Crippen MR) is 114 cm³/mol. The van der Waals surface area contributed by atoms with Crippen LogP contribution in [0.1, 0.15) is 29.8 Å². The zero-order chi connectivity index (χ0) is 21.1. The van der Waals surface area contributed by atoms with Gasteiger partial charge in [-0.1, -0.05) is 30.3 Å². The lowest BCUT2D eigenvalue weighted by Gasteiger charge is -2.21. The Hall–Kier alpha value is -3.61. The van der Waals surface area contributed by atoms with Gasteiger partial charge >= 0.3 is 0 Å². The summed E-state index contributed by atoms with van der Waals surface area (Å²) in [4.78, 5) is 37.8. The van der Waals surface area contributed by atoms with Crippen LogP contribution in [-0.4, -0.2) is 37.4 Å². The number of nitrogens with zero attached hydrogens (tertiary/aromatic N) is 1. The van der Waals surface area contributed by atoms with Gasteiger partial charge in [0.15, 0.2) is 0 Å². The summed E-state index contributed by atoms with van der Waals surface area (Å²) in [7, 11) is 0. The number of benzene rings is 2. The number of carbonyl (C=O) groups excluding carboxylic acids is 3. The number of carbonyl (C=O) groups is 3. The van der Waals surface area contributed by atoms with E-state index in [1.54, 1.807) is 18.2 Å². The normalized spacial score (nSPS) is 10.4. The van der Waals surface area contributed by atoms with E-state index >= 15 is 0 Å². The Morgan fingerprint density at radius 2 is 1.55 bits per heavy atom. The van der Waals surface area contributed by atoms with Gasteiger partial charge in [0.1, 0.15) is 0 Å². The van der Waals surface area contributed by atoms with Gasteiger partial charge < -0.3 is 10.2 Å². The summed E-state index contributed by atoms with van der Waals surface area (Å²) in [5, 5.41) is 2.45. The standard InChI is InChI=1S/C22H26N4O3/c1-3-26(4-2)19-13-11-18(12-14-19)22(29)25-24-21(28)16-23-20(27)15-10-17-8-6-5-7-9-17/h5-15H,3-4,16H2,1-2H3,(H,23,27)(H,24,28)(H,25,29)/b15-10+. The Labute approximate surface area is 170 Å². The van der Waals surface area contributed by atoms with Gasteiger partial charge in [-0.25, -0.2) is 0 Å². The molecule has 0 saturated heterocycles. The minimum Gasteiger partial charge on any atom is -0.372 e. The number of nitrogens with one attached hydrogen (secondary N) is 3. The summed E-state index contributed by atoms with van der Waals surface area (Å²) < 4.78 is 0. The van der Waals surface area contributed by atoms with E-state index < -0.39 is 17.7 Å². The van der Waals surface area contributed by atoms with Crippen LogP contribution in [0.25, 0.3) is 6.08 Å². The number of hydrazine groups is 1. The molecule has 0 saturated carbocycles. The molecular formula is C22H26N4O3. The summed E-state index contributed by atoms with van der Waals surface area (Å²) in [6, 6.07) is 16.5. The summed E-state index contributed by atoms with van der Waals surface area (Å²) in [6.45, 7) is 5.64. The largest absolute Gasteiger partial charge is 0.372 e. The van der Waals surface area contributed by atoms with Crippen molar-refractivity contribution in [2.24, 2.45) is 0 Å². The van der Waals surface area contributed by atoms with Crippen LogP contribution in [0.15, 0.2) is 60.7 Å². The van der Waals surface area contributed by atoms with Crippen LogP contribution in [0, 0.1) is 0 Å². The molecule has 2 aromatic rings. The van der Waals surface area contributed by atoms with E-state index in [2.05, 4.69) is 34.9 Å². The number of hydrogen-bond acceptors (Lipinski definition) is 4. The van der Waals surface area contributed by atoms with Crippen LogP contribution < -0.4 is 21.1 Å². The number of hydrogen-bond donors (Lipinski definition) is 3. The molecule has 3 amide bonds. The molecule has 152 valence electrons. The SMILES string of the molecule is CCN(CC)c1ccc(C(=O)NNC(=O)CNC(=O)/C=C/c2ccccc2)cc1. The van der Waals surface area contributed by atoms with Gasteiger partial charge in [0.05, 0.1) is 6.54 Å². The minimum absolute atomic E-state index is 0.251. The zero-order valence-electron chi connectivity index (χ0n) is 16.6. The van der Waals surface area contributed by atoms with E-state index in [1.807, 2.05) is 42.5 Å². The zero-order valence-corrected chi connectivity index (χ0v) is 16.6. The van der Waals surface area contributed by atoms with Crippen LogP contribution in [0.2, 0.25) is 0 Å². The summed E-state index contributed by atoms with van der Waals surface area (Å²) in [5.74, 6) is -1.36. The molecule has 0 bridgehead atoms. The Kier molecular flexibility index (Phi) is 8.44. The van der Waals surface area contributed by atoms with Gasteiger partial charge in [-0.05, 0) is 49.8 Å². The van der Waals surface area contributed by atoms with Gasteiger partial charge in [0.2, 0.25) is 5.91 Å². The Bertz CT molecular complexity index is 844. The highest BCUT2D eigenvalue weighted by molar-refractivity contribution is 5.97. The van der Waals surface area contributed by atoms with E-state index in [1.165, 1.54) is 6.08 Å². The van der Waals surface area contributed by atoms with Crippen molar-refractivity contribution in [1.82, 2.24) is 16.2 Å². The molecule has 0 aliphatic heterocycles. The van der Waals surface area contributed by atoms with E-state index in [9.17, 15) is 14.4 Å². The van der Waals surface area contributed by atoms with Crippen LogP contribution in [0.3, 0.4) is 0 Å². The monoisotopic (exact) mass is 394 g/mol. The first kappa shape index (κ1) is 21.7. The molecule has 7 nitrogen and oxygen atoms in total. The molecule has 2 rings (SSSR count). The third kappa shape index (κ3) is 7.14. The first-order valence-corrected chi connectivity index (χ1v) is 9.48. The van der Waals surface area contributed by atoms with E-state index in [4.69, 9.17) is 0 Å². The van der Waals surface area contributed by atoms with Gasteiger partial charge in [-0.15, -0.1) is 0 Å². The fourth-order valence-electron chi connectivity index (χ4n) is 2.62. The number of rotatable bonds is 8. The molecule has 0 unspecified atom stereocenters. The fraction of sp³-hybridized carbons (Fsp3) is 0.227. The van der Waals surface area contributed by atoms with Crippen LogP contribution in [-0.2, 0) is 9.59 Å². The highest BCUT2D eigenvalue weighted by Crippen LogP contribution is 2.14. The lowest BCUT2D eigenvalue weighted by Crippen LogP contribution is -2.46. The fourth-order valence-corrected chi connectivity index (χ4v) is 2.62. The van der Waals surface area contributed by atoms with Crippen molar-refractivity contribution in [2.75, 3.05) is 24.5 Å². The predicted octanol–water partition coefficient (Wildman–Crippen LogP) is 2.12. The molecule has 3 N–H and O–H groups in total. The van der Waals surface area contributed by atoms with E-state index in [0.717, 1.165) is 24.3 Å². The quantitative estimate of drug-likeness (QED) is 0.473. The van der Waals surface area contributed by atoms with Crippen LogP contribution in [0.4, 0.5) is 5.69 Å². The lowest BCUT2D eigenvalue weighted by atomic mass is 10.2. The van der Waals surface area contributed by atoms with Crippen molar-refractivity contribution in [3.63, 3.8) is 0 Å². The van der Waals surface area contributed by atoms with Gasteiger partial charge in [0, 0.05) is 30.4 Å². The number of anilines is 1. The molecule has 0 aliphatic carbocycles. The highest BCUT2D eigenvalue weighted by atomic mass is 16.2. The molecule has 0 aromatic heterocycles. The summed E-state index contributed by atoms with van der Waals surface area (Å²) >= 11 is 0. The molecule has 0 atom stereocenters. The molecule has 0 radical (unpaired) electrons. The van der Waals surface area contributed by atoms with Crippen LogP contribution >= 0.6 is 0 Å². The maximum atomic E-state index is 12.1. The molecule has 29 heavy (non-hydrogen) atoms. The Morgan fingerprint density at radius 1 is 0.897 bits per heavy atom. The topological polar surface area (TPSA) is 90.5 Å². The Balaban J connectivity index is 1.75. The van der Waals surface area contributed by atoms with Crippen molar-refractivity contribution >= 4 is 29.5 Å². The second-order valence-electron chi connectivity index (χ2n) is 6.18.